The second kappa shape index (κ2) is 4.00. The van der Waals surface area contributed by atoms with E-state index in [4.69, 9.17) is 0 Å². The number of allylic oxidation sites excluding steroid dienone is 1. The summed E-state index contributed by atoms with van der Waals surface area (Å²) in [4.78, 5) is 7.27. The summed E-state index contributed by atoms with van der Waals surface area (Å²) in [6.45, 7) is 2.29. The molecule has 0 radical (unpaired) electrons. The van der Waals surface area contributed by atoms with Gasteiger partial charge in [0.1, 0.15) is 0 Å². The van der Waals surface area contributed by atoms with E-state index in [1.807, 2.05) is 6.74 Å². The van der Waals surface area contributed by atoms with Gasteiger partial charge in [0.2, 0.25) is 0 Å². The standard InChI is InChI=1S/C7H6Se4/c1-5-4-10-7(11-5)6-8-2-3-9-6/h2-4H,1H3. The van der Waals surface area contributed by atoms with Crippen molar-refractivity contribution in [3.05, 3.63) is 26.1 Å². The quantitative estimate of drug-likeness (QED) is 0.508. The van der Waals surface area contributed by atoms with Crippen molar-refractivity contribution in [1.82, 2.24) is 0 Å². The van der Waals surface area contributed by atoms with Crippen LogP contribution in [-0.4, -0.2) is 59.8 Å². The Morgan fingerprint density at radius 3 is 2.27 bits per heavy atom. The number of hydrogen-bond acceptors (Lipinski definition) is 0. The molecule has 0 saturated heterocycles. The molecule has 0 bridgehead atoms. The first-order valence-electron chi connectivity index (χ1n) is 3.10. The van der Waals surface area contributed by atoms with Crippen molar-refractivity contribution in [2.75, 3.05) is 0 Å². The fourth-order valence-corrected chi connectivity index (χ4v) is 14.4. The first kappa shape index (κ1) is 8.88. The van der Waals surface area contributed by atoms with Crippen molar-refractivity contribution in [2.45, 2.75) is 6.92 Å². The van der Waals surface area contributed by atoms with Crippen LogP contribution in [0.1, 0.15) is 6.92 Å². The van der Waals surface area contributed by atoms with Gasteiger partial charge in [-0.15, -0.1) is 0 Å². The summed E-state index contributed by atoms with van der Waals surface area (Å²) >= 11 is 3.05. The van der Waals surface area contributed by atoms with Crippen LogP contribution in [0.5, 0.6) is 0 Å². The Labute approximate surface area is 92.0 Å². The summed E-state index contributed by atoms with van der Waals surface area (Å²) in [6, 6.07) is 0. The molecule has 0 N–H and O–H groups in total. The normalized spacial score (nSPS) is 23.2. The molecule has 0 nitrogen and oxygen atoms in total. The monoisotopic (exact) mass is 410 g/mol. The van der Waals surface area contributed by atoms with Crippen LogP contribution in [0.4, 0.5) is 0 Å². The average Bonchev–Trinajstić information content (AvgIpc) is 2.55. The van der Waals surface area contributed by atoms with Gasteiger partial charge in [0.05, 0.1) is 0 Å². The Hall–Kier alpha value is 1.30. The van der Waals surface area contributed by atoms with Crippen LogP contribution >= 0.6 is 0 Å². The third-order valence-corrected chi connectivity index (χ3v) is 16.0. The Bertz CT molecular complexity index is 252. The Balaban J connectivity index is 2.12. The summed E-state index contributed by atoms with van der Waals surface area (Å²) in [5, 5.41) is 0. The second-order valence-corrected chi connectivity index (χ2v) is 13.0. The molecule has 2 rings (SSSR count). The predicted molar refractivity (Wildman–Crippen MR) is 52.9 cm³/mol. The Kier molecular flexibility index (Phi) is 3.23. The summed E-state index contributed by atoms with van der Waals surface area (Å²) in [5.74, 6) is 0. The molecule has 11 heavy (non-hydrogen) atoms. The van der Waals surface area contributed by atoms with Gasteiger partial charge in [0.25, 0.3) is 0 Å². The topological polar surface area (TPSA) is 0 Å². The van der Waals surface area contributed by atoms with E-state index in [0.717, 1.165) is 59.8 Å². The van der Waals surface area contributed by atoms with E-state index in [0.29, 0.717) is 0 Å². The van der Waals surface area contributed by atoms with Crippen LogP contribution in [0, 0.1) is 0 Å². The van der Waals surface area contributed by atoms with Crippen LogP contribution < -0.4 is 0 Å². The van der Waals surface area contributed by atoms with Crippen molar-refractivity contribution in [2.24, 2.45) is 0 Å². The summed E-state index contributed by atoms with van der Waals surface area (Å²) in [7, 11) is 0. The third kappa shape index (κ3) is 2.15. The molecule has 0 aromatic rings. The maximum atomic E-state index is 2.47. The zero-order chi connectivity index (χ0) is 7.68. The van der Waals surface area contributed by atoms with Crippen LogP contribution in [0.25, 0.3) is 0 Å². The van der Waals surface area contributed by atoms with Gasteiger partial charge >= 0.3 is 92.9 Å². The molecule has 0 amide bonds. The summed E-state index contributed by atoms with van der Waals surface area (Å²) < 4.78 is 5.39. The fourth-order valence-electron chi connectivity index (χ4n) is 0.724. The van der Waals surface area contributed by atoms with E-state index < -0.39 is 0 Å². The second-order valence-electron chi connectivity index (χ2n) is 2.03. The Morgan fingerprint density at radius 1 is 1.00 bits per heavy atom. The van der Waals surface area contributed by atoms with Crippen LogP contribution in [0.2, 0.25) is 0 Å². The molecule has 2 aliphatic heterocycles. The fraction of sp³-hybridized carbons (Fsp3) is 0.143. The zero-order valence-electron chi connectivity index (χ0n) is 5.87. The predicted octanol–water partition coefficient (Wildman–Crippen LogP) is 0.289. The summed E-state index contributed by atoms with van der Waals surface area (Å²) in [5.41, 5.74) is 0. The molecule has 0 aromatic carbocycles. The maximum absolute atomic E-state index is 2.47. The van der Waals surface area contributed by atoms with Crippen molar-refractivity contribution < 1.29 is 0 Å². The van der Waals surface area contributed by atoms with Crippen LogP contribution in [0.15, 0.2) is 26.1 Å². The molecule has 0 unspecified atom stereocenters. The SMILES string of the molecule is CC1=C[Se]C(=C2[Se]C=C[Se]2)[Se]1. The van der Waals surface area contributed by atoms with Gasteiger partial charge in [-0.2, -0.15) is 0 Å². The zero-order valence-corrected chi connectivity index (χ0v) is 12.7. The molecule has 2 aliphatic rings. The van der Waals surface area contributed by atoms with Gasteiger partial charge in [-0.1, -0.05) is 0 Å². The van der Waals surface area contributed by atoms with Crippen molar-refractivity contribution in [1.29, 1.82) is 0 Å². The minimum atomic E-state index is 0.759. The molecule has 0 saturated carbocycles. The summed E-state index contributed by atoms with van der Waals surface area (Å²) in [6.07, 6.45) is 0. The average molecular weight is 406 g/mol. The number of rotatable bonds is 0. The molecule has 0 spiro atoms. The third-order valence-electron chi connectivity index (χ3n) is 1.16. The van der Waals surface area contributed by atoms with Crippen LogP contribution in [0.3, 0.4) is 0 Å². The van der Waals surface area contributed by atoms with Crippen molar-refractivity contribution in [3.8, 4) is 0 Å². The van der Waals surface area contributed by atoms with Gasteiger partial charge in [0, 0.05) is 0 Å². The molecule has 4 heteroatoms. The molecular formula is C7H6Se4. The van der Waals surface area contributed by atoms with E-state index in [9.17, 15) is 0 Å². The molecule has 0 aliphatic carbocycles. The van der Waals surface area contributed by atoms with E-state index in [1.165, 1.54) is 0 Å². The number of hydrogen-bond donors (Lipinski definition) is 0. The van der Waals surface area contributed by atoms with E-state index in [1.54, 1.807) is 4.47 Å². The van der Waals surface area contributed by atoms with Crippen molar-refractivity contribution in [3.63, 3.8) is 0 Å². The molecular weight excluding hydrogens is 400 g/mol. The molecule has 0 fully saturated rings. The van der Waals surface area contributed by atoms with Gasteiger partial charge in [0.15, 0.2) is 0 Å². The Morgan fingerprint density at radius 2 is 1.73 bits per heavy atom. The molecule has 2 heterocycles. The van der Waals surface area contributed by atoms with Gasteiger partial charge in [-0.05, 0) is 0 Å². The molecule has 0 aromatic heterocycles. The van der Waals surface area contributed by atoms with E-state index >= 15 is 0 Å². The molecule has 0 atom stereocenters. The van der Waals surface area contributed by atoms with Crippen molar-refractivity contribution >= 4 is 59.8 Å². The van der Waals surface area contributed by atoms with Gasteiger partial charge in [-0.3, -0.25) is 0 Å². The van der Waals surface area contributed by atoms with Gasteiger partial charge < -0.3 is 0 Å². The van der Waals surface area contributed by atoms with E-state index in [-0.39, 0.29) is 0 Å². The first-order valence-corrected chi connectivity index (χ1v) is 10.3. The molecule has 58 valence electrons. The minimum absolute atomic E-state index is 0.759. The van der Waals surface area contributed by atoms with Gasteiger partial charge in [-0.25, -0.2) is 0 Å². The van der Waals surface area contributed by atoms with Crippen LogP contribution in [-0.2, 0) is 0 Å². The van der Waals surface area contributed by atoms with E-state index in [2.05, 4.69) is 21.8 Å². The first-order chi connectivity index (χ1) is 5.36.